The van der Waals surface area contributed by atoms with Gasteiger partial charge in [0.2, 0.25) is 5.43 Å². The molecule has 2 aliphatic rings. The maximum absolute atomic E-state index is 12.8. The Hall–Kier alpha value is -2.14. The highest BCUT2D eigenvalue weighted by Crippen LogP contribution is 2.39. The van der Waals surface area contributed by atoms with E-state index in [0.717, 1.165) is 30.3 Å². The van der Waals surface area contributed by atoms with E-state index in [4.69, 9.17) is 4.74 Å². The highest BCUT2D eigenvalue weighted by Gasteiger charge is 2.41. The summed E-state index contributed by atoms with van der Waals surface area (Å²) in [5.41, 5.74) is 1.79. The fourth-order valence-electron chi connectivity index (χ4n) is 4.51. The third-order valence-electron chi connectivity index (χ3n) is 5.90. The molecule has 1 atom stereocenters. The predicted molar refractivity (Wildman–Crippen MR) is 102 cm³/mol. The van der Waals surface area contributed by atoms with Crippen LogP contribution in [0, 0.1) is 6.92 Å². The standard InChI is InChI=1S/C21H26N2O3/c1-14-6-7-18-16(10-14)19(24)17(12-23(18)2)20(25)22-15-11-21(26-13-15)8-4-3-5-9-21/h6-7,10,12,15H,3-5,8-9,11,13H2,1-2H3,(H,22,25)/t15-/m0/s1. The molecule has 2 heterocycles. The molecule has 1 aliphatic heterocycles. The number of amides is 1. The molecule has 138 valence electrons. The lowest BCUT2D eigenvalue weighted by Gasteiger charge is -2.32. The number of aromatic nitrogens is 1. The minimum Gasteiger partial charge on any atom is -0.373 e. The van der Waals surface area contributed by atoms with Crippen LogP contribution in [0.2, 0.25) is 0 Å². The van der Waals surface area contributed by atoms with Gasteiger partial charge in [-0.3, -0.25) is 9.59 Å². The van der Waals surface area contributed by atoms with Gasteiger partial charge in [-0.15, -0.1) is 0 Å². The SMILES string of the molecule is Cc1ccc2c(c1)c(=O)c(C(=O)N[C@@H]1COC3(CCCCC3)C1)cn2C. The molecule has 1 aromatic carbocycles. The first kappa shape index (κ1) is 17.3. The Morgan fingerprint density at radius 3 is 2.81 bits per heavy atom. The van der Waals surface area contributed by atoms with Crippen LogP contribution in [-0.4, -0.2) is 28.7 Å². The number of hydrogen-bond acceptors (Lipinski definition) is 3. The lowest BCUT2D eigenvalue weighted by atomic mass is 9.82. The van der Waals surface area contributed by atoms with Gasteiger partial charge in [-0.1, -0.05) is 30.9 Å². The molecule has 0 bridgehead atoms. The Labute approximate surface area is 153 Å². The summed E-state index contributed by atoms with van der Waals surface area (Å²) in [5.74, 6) is -0.296. The minimum atomic E-state index is -0.296. The van der Waals surface area contributed by atoms with E-state index in [2.05, 4.69) is 5.32 Å². The molecule has 1 saturated heterocycles. The monoisotopic (exact) mass is 354 g/mol. The average molecular weight is 354 g/mol. The number of carbonyl (C=O) groups is 1. The third-order valence-corrected chi connectivity index (χ3v) is 5.90. The molecule has 1 N–H and O–H groups in total. The van der Waals surface area contributed by atoms with E-state index in [1.54, 1.807) is 6.20 Å². The largest absolute Gasteiger partial charge is 0.373 e. The number of nitrogens with one attached hydrogen (secondary N) is 1. The van der Waals surface area contributed by atoms with Crippen LogP contribution >= 0.6 is 0 Å². The van der Waals surface area contributed by atoms with Crippen molar-refractivity contribution in [3.05, 3.63) is 45.7 Å². The molecule has 4 rings (SSSR count). The molecule has 5 heteroatoms. The van der Waals surface area contributed by atoms with Crippen molar-refractivity contribution < 1.29 is 9.53 Å². The van der Waals surface area contributed by atoms with Crippen LogP contribution in [0.4, 0.5) is 0 Å². The molecule has 1 aliphatic carbocycles. The molecule has 26 heavy (non-hydrogen) atoms. The first-order valence-corrected chi connectivity index (χ1v) is 9.52. The lowest BCUT2D eigenvalue weighted by molar-refractivity contribution is -0.0246. The van der Waals surface area contributed by atoms with Crippen molar-refractivity contribution in [2.75, 3.05) is 6.61 Å². The molecule has 1 aromatic heterocycles. The van der Waals surface area contributed by atoms with Gasteiger partial charge < -0.3 is 14.6 Å². The summed E-state index contributed by atoms with van der Waals surface area (Å²) in [5, 5.41) is 3.63. The van der Waals surface area contributed by atoms with Crippen LogP contribution < -0.4 is 10.7 Å². The van der Waals surface area contributed by atoms with E-state index < -0.39 is 0 Å². The van der Waals surface area contributed by atoms with E-state index in [1.165, 1.54) is 19.3 Å². The molecular weight excluding hydrogens is 328 g/mol. The first-order valence-electron chi connectivity index (χ1n) is 9.52. The fraction of sp³-hybridized carbons (Fsp3) is 0.524. The third kappa shape index (κ3) is 3.05. The average Bonchev–Trinajstić information content (AvgIpc) is 3.00. The minimum absolute atomic E-state index is 0.0153. The number of pyridine rings is 1. The van der Waals surface area contributed by atoms with Gasteiger partial charge in [-0.25, -0.2) is 0 Å². The van der Waals surface area contributed by atoms with Crippen molar-refractivity contribution in [1.29, 1.82) is 0 Å². The molecular formula is C21H26N2O3. The maximum atomic E-state index is 12.8. The fourth-order valence-corrected chi connectivity index (χ4v) is 4.51. The highest BCUT2D eigenvalue weighted by atomic mass is 16.5. The highest BCUT2D eigenvalue weighted by molar-refractivity contribution is 5.97. The number of hydrogen-bond donors (Lipinski definition) is 1. The topological polar surface area (TPSA) is 60.3 Å². The Morgan fingerprint density at radius 1 is 1.27 bits per heavy atom. The zero-order valence-corrected chi connectivity index (χ0v) is 15.5. The van der Waals surface area contributed by atoms with Gasteiger partial charge in [0.15, 0.2) is 0 Å². The van der Waals surface area contributed by atoms with Gasteiger partial charge in [-0.05, 0) is 38.3 Å². The van der Waals surface area contributed by atoms with Gasteiger partial charge in [-0.2, -0.15) is 0 Å². The molecule has 2 aromatic rings. The molecule has 1 saturated carbocycles. The molecule has 1 amide bonds. The molecule has 0 radical (unpaired) electrons. The van der Waals surface area contributed by atoms with E-state index >= 15 is 0 Å². The zero-order valence-electron chi connectivity index (χ0n) is 15.5. The van der Waals surface area contributed by atoms with Gasteiger partial charge in [0.1, 0.15) is 5.56 Å². The van der Waals surface area contributed by atoms with E-state index in [9.17, 15) is 9.59 Å². The number of aryl methyl sites for hydroxylation is 2. The van der Waals surface area contributed by atoms with E-state index in [-0.39, 0.29) is 28.5 Å². The Morgan fingerprint density at radius 2 is 2.04 bits per heavy atom. The van der Waals surface area contributed by atoms with Crippen LogP contribution in [-0.2, 0) is 11.8 Å². The summed E-state index contributed by atoms with van der Waals surface area (Å²) in [6.07, 6.45) is 8.32. The second-order valence-corrected chi connectivity index (χ2v) is 7.93. The van der Waals surface area contributed by atoms with Gasteiger partial charge in [0.25, 0.3) is 5.91 Å². The van der Waals surface area contributed by atoms with Crippen molar-refractivity contribution in [1.82, 2.24) is 9.88 Å². The summed E-state index contributed by atoms with van der Waals surface area (Å²) < 4.78 is 7.92. The molecule has 1 spiro atoms. The van der Waals surface area contributed by atoms with E-state index in [0.29, 0.717) is 12.0 Å². The zero-order chi connectivity index (χ0) is 18.3. The molecule has 0 unspecified atom stereocenters. The van der Waals surface area contributed by atoms with Gasteiger partial charge in [0.05, 0.1) is 23.8 Å². The number of carbonyl (C=O) groups excluding carboxylic acids is 1. The molecule has 2 fully saturated rings. The Bertz CT molecular complexity index is 909. The van der Waals surface area contributed by atoms with Crippen LogP contribution in [0.15, 0.2) is 29.2 Å². The second-order valence-electron chi connectivity index (χ2n) is 7.93. The quantitative estimate of drug-likeness (QED) is 0.902. The first-order chi connectivity index (χ1) is 12.5. The number of fused-ring (bicyclic) bond motifs is 1. The van der Waals surface area contributed by atoms with Crippen LogP contribution in [0.5, 0.6) is 0 Å². The summed E-state index contributed by atoms with van der Waals surface area (Å²) in [6, 6.07) is 5.73. The van der Waals surface area contributed by atoms with Crippen LogP contribution in [0.25, 0.3) is 10.9 Å². The number of nitrogens with zero attached hydrogens (tertiary/aromatic N) is 1. The molecule has 5 nitrogen and oxygen atoms in total. The van der Waals surface area contributed by atoms with Gasteiger partial charge in [0, 0.05) is 18.6 Å². The van der Waals surface area contributed by atoms with E-state index in [1.807, 2.05) is 36.7 Å². The van der Waals surface area contributed by atoms with Crippen molar-refractivity contribution in [2.24, 2.45) is 7.05 Å². The number of ether oxygens (including phenoxy) is 1. The summed E-state index contributed by atoms with van der Waals surface area (Å²) in [6.45, 7) is 2.49. The van der Waals surface area contributed by atoms with Crippen LogP contribution in [0.3, 0.4) is 0 Å². The maximum Gasteiger partial charge on any atom is 0.257 e. The van der Waals surface area contributed by atoms with Crippen LogP contribution in [0.1, 0.15) is 54.4 Å². The van der Waals surface area contributed by atoms with Crippen molar-refractivity contribution >= 4 is 16.8 Å². The predicted octanol–water partition coefficient (Wildman–Crippen LogP) is 3.07. The number of rotatable bonds is 2. The van der Waals surface area contributed by atoms with Crippen molar-refractivity contribution in [3.63, 3.8) is 0 Å². The normalized spacial score (nSPS) is 22.0. The smallest absolute Gasteiger partial charge is 0.257 e. The summed E-state index contributed by atoms with van der Waals surface area (Å²) >= 11 is 0. The number of benzene rings is 1. The second kappa shape index (κ2) is 6.54. The summed E-state index contributed by atoms with van der Waals surface area (Å²) in [4.78, 5) is 25.6. The Balaban J connectivity index is 1.57. The van der Waals surface area contributed by atoms with Crippen molar-refractivity contribution in [3.8, 4) is 0 Å². The lowest BCUT2D eigenvalue weighted by Crippen LogP contribution is -2.39. The van der Waals surface area contributed by atoms with Crippen molar-refractivity contribution in [2.45, 2.75) is 57.1 Å². The van der Waals surface area contributed by atoms with Gasteiger partial charge >= 0.3 is 0 Å². The Kier molecular flexibility index (Phi) is 4.35. The summed E-state index contributed by atoms with van der Waals surface area (Å²) in [7, 11) is 1.86.